The molecule has 0 amide bonds. The Bertz CT molecular complexity index is 595. The van der Waals surface area contributed by atoms with Gasteiger partial charge in [0.1, 0.15) is 9.09 Å². The van der Waals surface area contributed by atoms with E-state index in [9.17, 15) is 13.2 Å². The number of aromatic carboxylic acids is 1. The van der Waals surface area contributed by atoms with Gasteiger partial charge in [-0.1, -0.05) is 6.92 Å². The number of likely N-dealkylation sites (N-methyl/N-ethyl adjacent to an activating group) is 1. The second kappa shape index (κ2) is 7.35. The third-order valence-electron chi connectivity index (χ3n) is 3.45. The molecule has 0 saturated carbocycles. The third kappa shape index (κ3) is 4.77. The molecule has 0 aromatic carbocycles. The quantitative estimate of drug-likeness (QED) is 0.756. The number of carboxylic acid groups (broad SMARTS) is 1. The van der Waals surface area contributed by atoms with Gasteiger partial charge < -0.3 is 10.0 Å². The number of aryl methyl sites for hydroxylation is 1. The molecular weight excluding hydrogens is 312 g/mol. The number of nitrogens with zero attached hydrogens (tertiary/aromatic N) is 1. The summed E-state index contributed by atoms with van der Waals surface area (Å²) >= 11 is 0.781. The molecule has 0 aliphatic heterocycles. The van der Waals surface area contributed by atoms with Crippen LogP contribution in [0.5, 0.6) is 0 Å². The van der Waals surface area contributed by atoms with Gasteiger partial charge in [-0.3, -0.25) is 0 Å². The minimum Gasteiger partial charge on any atom is -0.477 e. The molecule has 1 aromatic rings. The van der Waals surface area contributed by atoms with Crippen LogP contribution in [-0.4, -0.2) is 50.6 Å². The molecular formula is C13H22N2O4S2. The largest absolute Gasteiger partial charge is 0.477 e. The molecule has 2 N–H and O–H groups in total. The van der Waals surface area contributed by atoms with Crippen LogP contribution in [0.4, 0.5) is 0 Å². The van der Waals surface area contributed by atoms with E-state index < -0.39 is 16.0 Å². The van der Waals surface area contributed by atoms with Crippen LogP contribution < -0.4 is 4.72 Å². The van der Waals surface area contributed by atoms with Gasteiger partial charge in [0.15, 0.2) is 0 Å². The van der Waals surface area contributed by atoms with Crippen LogP contribution in [0, 0.1) is 6.92 Å². The Morgan fingerprint density at radius 2 is 2.14 bits per heavy atom. The van der Waals surface area contributed by atoms with Crippen LogP contribution in [-0.2, 0) is 10.0 Å². The van der Waals surface area contributed by atoms with E-state index in [-0.39, 0.29) is 9.09 Å². The van der Waals surface area contributed by atoms with E-state index in [1.807, 2.05) is 7.05 Å². The molecule has 0 saturated heterocycles. The molecule has 0 fully saturated rings. The molecule has 0 radical (unpaired) electrons. The van der Waals surface area contributed by atoms with Crippen LogP contribution in [0.1, 0.15) is 35.5 Å². The number of sulfonamides is 1. The molecule has 0 aliphatic rings. The summed E-state index contributed by atoms with van der Waals surface area (Å²) in [5.41, 5.74) is 0.463. The molecule has 120 valence electrons. The van der Waals surface area contributed by atoms with Crippen molar-refractivity contribution in [2.75, 3.05) is 20.1 Å². The lowest BCUT2D eigenvalue weighted by atomic mass is 10.2. The number of rotatable bonds is 8. The van der Waals surface area contributed by atoms with Crippen molar-refractivity contribution in [3.8, 4) is 0 Å². The fraction of sp³-hybridized carbons (Fsp3) is 0.615. The lowest BCUT2D eigenvalue weighted by Gasteiger charge is -2.23. The Morgan fingerprint density at radius 3 is 2.62 bits per heavy atom. The number of hydrogen-bond acceptors (Lipinski definition) is 5. The summed E-state index contributed by atoms with van der Waals surface area (Å²) < 4.78 is 26.8. The fourth-order valence-corrected chi connectivity index (χ4v) is 4.20. The highest BCUT2D eigenvalue weighted by Gasteiger charge is 2.21. The first kappa shape index (κ1) is 18.1. The van der Waals surface area contributed by atoms with Crippen molar-refractivity contribution in [3.63, 3.8) is 0 Å². The summed E-state index contributed by atoms with van der Waals surface area (Å²) in [4.78, 5) is 13.1. The first-order valence-corrected chi connectivity index (χ1v) is 9.02. The minimum atomic E-state index is -3.65. The van der Waals surface area contributed by atoms with Gasteiger partial charge in [0.2, 0.25) is 10.0 Å². The Labute approximate surface area is 129 Å². The van der Waals surface area contributed by atoms with E-state index >= 15 is 0 Å². The summed E-state index contributed by atoms with van der Waals surface area (Å²) in [6.07, 6.45) is 0.995. The van der Waals surface area contributed by atoms with Crippen LogP contribution in [0.15, 0.2) is 10.3 Å². The zero-order valence-electron chi connectivity index (χ0n) is 12.7. The molecule has 21 heavy (non-hydrogen) atoms. The molecule has 8 heteroatoms. The van der Waals surface area contributed by atoms with Crippen LogP contribution in [0.3, 0.4) is 0 Å². The highest BCUT2D eigenvalue weighted by atomic mass is 32.2. The van der Waals surface area contributed by atoms with E-state index in [0.717, 1.165) is 17.8 Å². The number of carbonyl (C=O) groups is 1. The zero-order valence-corrected chi connectivity index (χ0v) is 14.3. The number of nitrogens with one attached hydrogen (secondary N) is 1. The van der Waals surface area contributed by atoms with E-state index in [1.165, 1.54) is 6.07 Å². The summed E-state index contributed by atoms with van der Waals surface area (Å²) in [5.74, 6) is -1.10. The van der Waals surface area contributed by atoms with E-state index in [1.54, 1.807) is 6.92 Å². The SMILES string of the molecule is CCC(C)N(C)CCNS(=O)(=O)c1cc(C)c(C(=O)O)s1. The van der Waals surface area contributed by atoms with Crippen molar-refractivity contribution in [1.82, 2.24) is 9.62 Å². The van der Waals surface area contributed by atoms with Gasteiger partial charge in [-0.25, -0.2) is 17.9 Å². The van der Waals surface area contributed by atoms with Gasteiger partial charge >= 0.3 is 5.97 Å². The van der Waals surface area contributed by atoms with Gasteiger partial charge in [0.25, 0.3) is 0 Å². The van der Waals surface area contributed by atoms with Gasteiger partial charge in [0.05, 0.1) is 0 Å². The maximum atomic E-state index is 12.1. The Morgan fingerprint density at radius 1 is 1.52 bits per heavy atom. The molecule has 6 nitrogen and oxygen atoms in total. The molecule has 0 spiro atoms. The smallest absolute Gasteiger partial charge is 0.346 e. The van der Waals surface area contributed by atoms with Gasteiger partial charge in [-0.05, 0) is 38.9 Å². The van der Waals surface area contributed by atoms with Gasteiger partial charge in [-0.15, -0.1) is 11.3 Å². The number of hydrogen-bond donors (Lipinski definition) is 2. The first-order chi connectivity index (χ1) is 9.69. The molecule has 1 rings (SSSR count). The molecule has 1 atom stereocenters. The second-order valence-electron chi connectivity index (χ2n) is 5.02. The lowest BCUT2D eigenvalue weighted by Crippen LogP contribution is -2.36. The predicted octanol–water partition coefficient (Wildman–Crippen LogP) is 1.76. The van der Waals surface area contributed by atoms with Gasteiger partial charge in [0, 0.05) is 19.1 Å². The van der Waals surface area contributed by atoms with Crippen molar-refractivity contribution < 1.29 is 18.3 Å². The number of carboxylic acids is 1. The Kier molecular flexibility index (Phi) is 6.33. The second-order valence-corrected chi connectivity index (χ2v) is 8.06. The number of thiophene rings is 1. The van der Waals surface area contributed by atoms with E-state index in [4.69, 9.17) is 5.11 Å². The standard InChI is InChI=1S/C13H22N2O4S2/c1-5-10(3)15(4)7-6-14-21(18,19)11-8-9(2)12(20-11)13(16)17/h8,10,14H,5-7H2,1-4H3,(H,16,17). The first-order valence-electron chi connectivity index (χ1n) is 6.72. The molecule has 1 unspecified atom stereocenters. The van der Waals surface area contributed by atoms with E-state index in [0.29, 0.717) is 24.7 Å². The normalized spacial score (nSPS) is 13.6. The topological polar surface area (TPSA) is 86.7 Å². The summed E-state index contributed by atoms with van der Waals surface area (Å²) in [6, 6.07) is 1.78. The van der Waals surface area contributed by atoms with Gasteiger partial charge in [-0.2, -0.15) is 0 Å². The monoisotopic (exact) mass is 334 g/mol. The highest BCUT2D eigenvalue weighted by molar-refractivity contribution is 7.91. The summed E-state index contributed by atoms with van der Waals surface area (Å²) in [5, 5.41) is 8.97. The molecule has 1 aromatic heterocycles. The highest BCUT2D eigenvalue weighted by Crippen LogP contribution is 2.25. The predicted molar refractivity (Wildman–Crippen MR) is 83.6 cm³/mol. The van der Waals surface area contributed by atoms with Crippen LogP contribution >= 0.6 is 11.3 Å². The molecule has 0 bridgehead atoms. The summed E-state index contributed by atoms with van der Waals surface area (Å²) in [6.45, 7) is 6.64. The minimum absolute atomic E-state index is 0.0450. The van der Waals surface area contributed by atoms with Crippen molar-refractivity contribution in [2.45, 2.75) is 37.4 Å². The van der Waals surface area contributed by atoms with Crippen molar-refractivity contribution in [2.24, 2.45) is 0 Å². The average molecular weight is 334 g/mol. The van der Waals surface area contributed by atoms with Crippen LogP contribution in [0.25, 0.3) is 0 Å². The third-order valence-corrected chi connectivity index (χ3v) is 6.61. The van der Waals surface area contributed by atoms with Crippen molar-refractivity contribution in [1.29, 1.82) is 0 Å². The maximum absolute atomic E-state index is 12.1. The molecule has 1 heterocycles. The van der Waals surface area contributed by atoms with Crippen molar-refractivity contribution in [3.05, 3.63) is 16.5 Å². The van der Waals surface area contributed by atoms with E-state index in [2.05, 4.69) is 23.5 Å². The average Bonchev–Trinajstić information content (AvgIpc) is 2.80. The Balaban J connectivity index is 2.70. The van der Waals surface area contributed by atoms with Crippen molar-refractivity contribution >= 4 is 27.3 Å². The Hall–Kier alpha value is -0.960. The van der Waals surface area contributed by atoms with Crippen LogP contribution in [0.2, 0.25) is 0 Å². The molecule has 0 aliphatic carbocycles. The zero-order chi connectivity index (χ0) is 16.2. The lowest BCUT2D eigenvalue weighted by molar-refractivity contribution is 0.0701. The fourth-order valence-electron chi connectivity index (χ4n) is 1.76. The maximum Gasteiger partial charge on any atom is 0.346 e. The summed E-state index contributed by atoms with van der Waals surface area (Å²) in [7, 11) is -1.70.